The second-order valence-electron chi connectivity index (χ2n) is 6.58. The summed E-state index contributed by atoms with van der Waals surface area (Å²) in [5.41, 5.74) is 1.52. The van der Waals surface area contributed by atoms with Crippen molar-refractivity contribution < 1.29 is 0 Å². The molecule has 0 unspecified atom stereocenters. The summed E-state index contributed by atoms with van der Waals surface area (Å²) >= 11 is 0. The number of anilines is 1. The summed E-state index contributed by atoms with van der Waals surface area (Å²) in [4.78, 5) is 31.8. The van der Waals surface area contributed by atoms with Gasteiger partial charge in [-0.25, -0.2) is 4.79 Å². The van der Waals surface area contributed by atoms with E-state index in [1.165, 1.54) is 17.2 Å². The number of rotatable bonds is 2. The van der Waals surface area contributed by atoms with Gasteiger partial charge in [0, 0.05) is 27.2 Å². The highest BCUT2D eigenvalue weighted by Crippen LogP contribution is 2.31. The van der Waals surface area contributed by atoms with Crippen molar-refractivity contribution in [3.8, 4) is 0 Å². The fraction of sp³-hybridized carbons (Fsp3) is 0.389. The van der Waals surface area contributed by atoms with Crippen LogP contribution in [0.15, 0.2) is 39.9 Å². The molecule has 3 heterocycles. The molecule has 2 aromatic heterocycles. The van der Waals surface area contributed by atoms with Crippen molar-refractivity contribution in [2.45, 2.75) is 25.9 Å². The van der Waals surface area contributed by atoms with Crippen molar-refractivity contribution in [1.82, 2.24) is 18.7 Å². The Bertz CT molecular complexity index is 1060. The number of hydrogen-bond acceptors (Lipinski definition) is 4. The highest BCUT2D eigenvalue weighted by molar-refractivity contribution is 5.75. The Balaban J connectivity index is 1.94. The summed E-state index contributed by atoms with van der Waals surface area (Å²) in [5.74, 6) is 0.760. The molecule has 7 nitrogen and oxygen atoms in total. The van der Waals surface area contributed by atoms with Gasteiger partial charge in [0.25, 0.3) is 5.56 Å². The second kappa shape index (κ2) is 5.61. The van der Waals surface area contributed by atoms with E-state index in [9.17, 15) is 9.59 Å². The summed E-state index contributed by atoms with van der Waals surface area (Å²) in [7, 11) is 3.17. The van der Waals surface area contributed by atoms with E-state index in [2.05, 4.69) is 28.9 Å². The third kappa shape index (κ3) is 2.22. The van der Waals surface area contributed by atoms with E-state index in [1.807, 2.05) is 22.8 Å². The van der Waals surface area contributed by atoms with Crippen LogP contribution in [-0.4, -0.2) is 25.2 Å². The Labute approximate surface area is 144 Å². The maximum atomic E-state index is 12.7. The molecule has 3 aromatic rings. The Kier molecular flexibility index (Phi) is 3.52. The number of aryl methyl sites for hydroxylation is 2. The van der Waals surface area contributed by atoms with E-state index in [1.54, 1.807) is 7.05 Å². The number of fused-ring (bicyclic) bond motifs is 3. The van der Waals surface area contributed by atoms with Crippen LogP contribution in [0, 0.1) is 0 Å². The molecule has 0 aliphatic carbocycles. The van der Waals surface area contributed by atoms with E-state index >= 15 is 0 Å². The highest BCUT2D eigenvalue weighted by Gasteiger charge is 2.28. The first-order valence-corrected chi connectivity index (χ1v) is 8.48. The van der Waals surface area contributed by atoms with Crippen molar-refractivity contribution in [2.75, 3.05) is 11.4 Å². The molecule has 130 valence electrons. The fourth-order valence-electron chi connectivity index (χ4n) is 3.64. The molecule has 1 aromatic carbocycles. The molecular formula is C18H21N5O2. The molecule has 0 radical (unpaired) electrons. The van der Waals surface area contributed by atoms with Crippen LogP contribution in [0.3, 0.4) is 0 Å². The Morgan fingerprint density at radius 2 is 1.76 bits per heavy atom. The van der Waals surface area contributed by atoms with E-state index in [0.717, 1.165) is 30.0 Å². The molecule has 0 saturated heterocycles. The molecule has 0 saturated carbocycles. The van der Waals surface area contributed by atoms with Gasteiger partial charge in [-0.15, -0.1) is 0 Å². The summed E-state index contributed by atoms with van der Waals surface area (Å²) in [6.07, 6.45) is 0.932. The molecule has 0 fully saturated rings. The summed E-state index contributed by atoms with van der Waals surface area (Å²) in [6, 6.07) is 10.4. The Morgan fingerprint density at radius 1 is 1.04 bits per heavy atom. The molecule has 0 spiro atoms. The van der Waals surface area contributed by atoms with Gasteiger partial charge in [-0.2, -0.15) is 4.98 Å². The topological polar surface area (TPSA) is 65.1 Å². The van der Waals surface area contributed by atoms with E-state index in [-0.39, 0.29) is 17.3 Å². The lowest BCUT2D eigenvalue weighted by molar-refractivity contribution is 0.525. The van der Waals surface area contributed by atoms with Crippen LogP contribution in [0.25, 0.3) is 11.2 Å². The van der Waals surface area contributed by atoms with Crippen molar-refractivity contribution in [2.24, 2.45) is 14.1 Å². The number of nitrogens with zero attached hydrogens (tertiary/aromatic N) is 5. The van der Waals surface area contributed by atoms with Gasteiger partial charge in [0.1, 0.15) is 0 Å². The molecule has 4 rings (SSSR count). The molecule has 0 N–H and O–H groups in total. The number of aromatic nitrogens is 4. The van der Waals surface area contributed by atoms with Crippen LogP contribution in [0.1, 0.15) is 24.9 Å². The number of hydrogen-bond donors (Lipinski definition) is 0. The summed E-state index contributed by atoms with van der Waals surface area (Å²) in [5, 5.41) is 0. The van der Waals surface area contributed by atoms with E-state index in [0.29, 0.717) is 11.2 Å². The molecule has 25 heavy (non-hydrogen) atoms. The van der Waals surface area contributed by atoms with Crippen LogP contribution in [0.2, 0.25) is 0 Å². The largest absolute Gasteiger partial charge is 0.335 e. The van der Waals surface area contributed by atoms with Gasteiger partial charge < -0.3 is 9.47 Å². The van der Waals surface area contributed by atoms with E-state index in [4.69, 9.17) is 0 Å². The highest BCUT2D eigenvalue weighted by atomic mass is 16.2. The van der Waals surface area contributed by atoms with Gasteiger partial charge in [-0.1, -0.05) is 30.3 Å². The van der Waals surface area contributed by atoms with Crippen molar-refractivity contribution in [3.63, 3.8) is 0 Å². The maximum Gasteiger partial charge on any atom is 0.332 e. The van der Waals surface area contributed by atoms with Gasteiger partial charge in [0.05, 0.1) is 6.04 Å². The average molecular weight is 339 g/mol. The van der Waals surface area contributed by atoms with Gasteiger partial charge in [0.15, 0.2) is 11.2 Å². The van der Waals surface area contributed by atoms with Crippen LogP contribution < -0.4 is 16.1 Å². The second-order valence-corrected chi connectivity index (χ2v) is 6.58. The first kappa shape index (κ1) is 15.7. The van der Waals surface area contributed by atoms with E-state index < -0.39 is 0 Å². The lowest BCUT2D eigenvalue weighted by Crippen LogP contribution is -2.38. The molecule has 1 atom stereocenters. The predicted molar refractivity (Wildman–Crippen MR) is 97.0 cm³/mol. The Hall–Kier alpha value is -2.83. The first-order valence-electron chi connectivity index (χ1n) is 8.48. The van der Waals surface area contributed by atoms with Crippen LogP contribution >= 0.6 is 0 Å². The minimum Gasteiger partial charge on any atom is -0.335 e. The molecule has 0 bridgehead atoms. The first-order chi connectivity index (χ1) is 12.0. The minimum absolute atomic E-state index is 0.137. The standard InChI is InChI=1S/C18H21N5O2/c1-12(13-8-5-4-6-9-13)22-10-7-11-23-14-15(19-17(22)23)20(2)18(25)21(3)16(14)24/h4-6,8-9,12H,7,10-11H2,1-3H3/t12-/m1/s1. The Morgan fingerprint density at radius 3 is 2.48 bits per heavy atom. The lowest BCUT2D eigenvalue weighted by atomic mass is 10.1. The number of imidazole rings is 1. The zero-order chi connectivity index (χ0) is 17.7. The normalized spacial score (nSPS) is 15.4. The van der Waals surface area contributed by atoms with Gasteiger partial charge in [0.2, 0.25) is 5.95 Å². The third-order valence-corrected chi connectivity index (χ3v) is 5.11. The molecule has 1 aliphatic heterocycles. The van der Waals surface area contributed by atoms with Crippen LogP contribution in [0.5, 0.6) is 0 Å². The molecular weight excluding hydrogens is 318 g/mol. The van der Waals surface area contributed by atoms with Gasteiger partial charge in [-0.3, -0.25) is 13.9 Å². The molecule has 7 heteroatoms. The quantitative estimate of drug-likeness (QED) is 0.708. The summed E-state index contributed by atoms with van der Waals surface area (Å²) in [6.45, 7) is 3.74. The predicted octanol–water partition coefficient (Wildman–Crippen LogP) is 1.40. The minimum atomic E-state index is -0.351. The number of benzene rings is 1. The average Bonchev–Trinajstić information content (AvgIpc) is 3.04. The summed E-state index contributed by atoms with van der Waals surface area (Å²) < 4.78 is 4.56. The molecule has 0 amide bonds. The van der Waals surface area contributed by atoms with Crippen molar-refractivity contribution in [1.29, 1.82) is 0 Å². The zero-order valence-electron chi connectivity index (χ0n) is 14.6. The zero-order valence-corrected chi connectivity index (χ0v) is 14.6. The maximum absolute atomic E-state index is 12.7. The molecule has 1 aliphatic rings. The smallest absolute Gasteiger partial charge is 0.332 e. The monoisotopic (exact) mass is 339 g/mol. The van der Waals surface area contributed by atoms with Crippen molar-refractivity contribution in [3.05, 3.63) is 56.7 Å². The third-order valence-electron chi connectivity index (χ3n) is 5.11. The van der Waals surface area contributed by atoms with Crippen LogP contribution in [0.4, 0.5) is 5.95 Å². The SMILES string of the molecule is C[C@H](c1ccccc1)N1CCCn2c1nc1c2c(=O)n(C)c(=O)n1C. The van der Waals surface area contributed by atoms with Gasteiger partial charge >= 0.3 is 5.69 Å². The lowest BCUT2D eigenvalue weighted by Gasteiger charge is -2.34. The van der Waals surface area contributed by atoms with Crippen LogP contribution in [-0.2, 0) is 20.6 Å². The fourth-order valence-corrected chi connectivity index (χ4v) is 3.64. The van der Waals surface area contributed by atoms with Gasteiger partial charge in [-0.05, 0) is 18.9 Å². The van der Waals surface area contributed by atoms with Crippen molar-refractivity contribution >= 4 is 17.1 Å².